The first-order valence-electron chi connectivity index (χ1n) is 5.63. The van der Waals surface area contributed by atoms with Crippen LogP contribution >= 0.6 is 0 Å². The highest BCUT2D eigenvalue weighted by Gasteiger charge is 2.23. The van der Waals surface area contributed by atoms with Gasteiger partial charge in [0.1, 0.15) is 0 Å². The van der Waals surface area contributed by atoms with Crippen LogP contribution < -0.4 is 5.73 Å². The van der Waals surface area contributed by atoms with E-state index in [0.717, 1.165) is 5.57 Å². The van der Waals surface area contributed by atoms with Crippen LogP contribution in [-0.2, 0) is 4.79 Å². The molecule has 2 nitrogen and oxygen atoms in total. The highest BCUT2D eigenvalue weighted by molar-refractivity contribution is 5.91. The lowest BCUT2D eigenvalue weighted by Crippen LogP contribution is -2.12. The number of carbonyl (C=O) groups is 1. The van der Waals surface area contributed by atoms with Crippen molar-refractivity contribution >= 4 is 12.0 Å². The molecule has 0 saturated heterocycles. The summed E-state index contributed by atoms with van der Waals surface area (Å²) in [5.41, 5.74) is 5.56. The number of hydrogen-bond donors (Lipinski definition) is 1. The summed E-state index contributed by atoms with van der Waals surface area (Å²) in [5.74, 6) is -10.2. The number of allylic oxidation sites excluding steroid dienone is 1. The number of nitrogens with two attached hydrogens (primary N) is 1. The van der Waals surface area contributed by atoms with Gasteiger partial charge in [0.05, 0.1) is 5.56 Å². The van der Waals surface area contributed by atoms with Gasteiger partial charge in [-0.15, -0.1) is 0 Å². The predicted molar refractivity (Wildman–Crippen MR) is 69.6 cm³/mol. The van der Waals surface area contributed by atoms with Crippen LogP contribution in [0.2, 0.25) is 0 Å². The van der Waals surface area contributed by atoms with E-state index in [9.17, 15) is 26.7 Å². The van der Waals surface area contributed by atoms with Gasteiger partial charge in [-0.3, -0.25) is 4.79 Å². The van der Waals surface area contributed by atoms with Crippen LogP contribution in [0.4, 0.5) is 22.0 Å². The Hall–Kier alpha value is -2.18. The standard InChI is InChI=1S/C8H3F5.C6H11NO/c1-2-3-4(9)6(11)8(13)7(12)5(3)10;1-4(2)5(3)6(7)8/h2H,1H2;1-3H3,(H2,7,8). The first-order valence-corrected chi connectivity index (χ1v) is 5.63. The zero-order chi connectivity index (χ0) is 16.9. The minimum Gasteiger partial charge on any atom is -0.366 e. The van der Waals surface area contributed by atoms with Gasteiger partial charge in [0.2, 0.25) is 11.7 Å². The minimum absolute atomic E-state index is 0.329. The van der Waals surface area contributed by atoms with E-state index >= 15 is 0 Å². The fraction of sp³-hybridized carbons (Fsp3) is 0.214. The van der Waals surface area contributed by atoms with Gasteiger partial charge in [-0.1, -0.05) is 18.2 Å². The first kappa shape index (κ1) is 18.8. The van der Waals surface area contributed by atoms with Crippen LogP contribution in [0.1, 0.15) is 26.3 Å². The zero-order valence-corrected chi connectivity index (χ0v) is 11.7. The second-order valence-corrected chi connectivity index (χ2v) is 4.18. The Labute approximate surface area is 118 Å². The van der Waals surface area contributed by atoms with Crippen molar-refractivity contribution in [1.29, 1.82) is 0 Å². The third-order valence-electron chi connectivity index (χ3n) is 2.57. The van der Waals surface area contributed by atoms with E-state index in [1.54, 1.807) is 6.92 Å². The van der Waals surface area contributed by atoms with Crippen molar-refractivity contribution < 1.29 is 26.7 Å². The predicted octanol–water partition coefficient (Wildman–Crippen LogP) is 3.85. The van der Waals surface area contributed by atoms with Crippen molar-refractivity contribution in [2.45, 2.75) is 20.8 Å². The maximum absolute atomic E-state index is 12.6. The van der Waals surface area contributed by atoms with Crippen LogP contribution in [0, 0.1) is 29.1 Å². The SMILES string of the molecule is C=Cc1c(F)c(F)c(F)c(F)c1F.CC(C)=C(C)C(N)=O. The Morgan fingerprint density at radius 3 is 1.43 bits per heavy atom. The minimum atomic E-state index is -2.17. The molecular formula is C14H14F5NO. The van der Waals surface area contributed by atoms with Crippen LogP contribution in [0.15, 0.2) is 17.7 Å². The lowest BCUT2D eigenvalue weighted by Gasteiger charge is -2.02. The van der Waals surface area contributed by atoms with Crippen molar-refractivity contribution in [1.82, 2.24) is 0 Å². The van der Waals surface area contributed by atoms with E-state index in [4.69, 9.17) is 5.73 Å². The van der Waals surface area contributed by atoms with Crippen LogP contribution in [0.5, 0.6) is 0 Å². The second-order valence-electron chi connectivity index (χ2n) is 4.18. The Morgan fingerprint density at radius 1 is 0.905 bits per heavy atom. The summed E-state index contributed by atoms with van der Waals surface area (Å²) in [4.78, 5) is 10.3. The van der Waals surface area contributed by atoms with Gasteiger partial charge in [0.15, 0.2) is 23.3 Å². The smallest absolute Gasteiger partial charge is 0.244 e. The van der Waals surface area contributed by atoms with Crippen molar-refractivity contribution in [3.05, 3.63) is 52.4 Å². The number of amides is 1. The molecule has 0 spiro atoms. The molecule has 0 heterocycles. The average Bonchev–Trinajstić information content (AvgIpc) is 2.43. The molecule has 0 fully saturated rings. The molecule has 2 N–H and O–H groups in total. The second kappa shape index (κ2) is 7.56. The molecule has 1 rings (SSSR count). The maximum atomic E-state index is 12.6. The van der Waals surface area contributed by atoms with Gasteiger partial charge in [0.25, 0.3) is 0 Å². The summed E-state index contributed by atoms with van der Waals surface area (Å²) in [6.45, 7) is 8.37. The summed E-state index contributed by atoms with van der Waals surface area (Å²) in [6, 6.07) is 0. The molecule has 0 aliphatic heterocycles. The largest absolute Gasteiger partial charge is 0.366 e. The van der Waals surface area contributed by atoms with Crippen LogP contribution in [0.3, 0.4) is 0 Å². The number of benzene rings is 1. The van der Waals surface area contributed by atoms with Crippen molar-refractivity contribution in [2.24, 2.45) is 5.73 Å². The van der Waals surface area contributed by atoms with Gasteiger partial charge in [-0.2, -0.15) is 0 Å². The summed E-state index contributed by atoms with van der Waals surface area (Å²) >= 11 is 0. The Kier molecular flexibility index (Phi) is 6.78. The van der Waals surface area contributed by atoms with Crippen molar-refractivity contribution in [3.8, 4) is 0 Å². The normalized spacial score (nSPS) is 9.52. The topological polar surface area (TPSA) is 43.1 Å². The number of halogens is 5. The molecule has 0 atom stereocenters. The average molecular weight is 307 g/mol. The number of primary amides is 1. The van der Waals surface area contributed by atoms with Crippen LogP contribution in [0.25, 0.3) is 6.08 Å². The Bertz CT molecular complexity index is 575. The number of rotatable bonds is 2. The molecule has 0 aliphatic rings. The number of carbonyl (C=O) groups excluding carboxylic acids is 1. The molecule has 1 aromatic rings. The molecular weight excluding hydrogens is 293 g/mol. The lowest BCUT2D eigenvalue weighted by atomic mass is 10.1. The van der Waals surface area contributed by atoms with Gasteiger partial charge in [-0.05, 0) is 20.8 Å². The Balaban J connectivity index is 0.000000433. The quantitative estimate of drug-likeness (QED) is 0.383. The molecule has 21 heavy (non-hydrogen) atoms. The molecule has 0 aromatic heterocycles. The van der Waals surface area contributed by atoms with E-state index in [2.05, 4.69) is 6.58 Å². The molecule has 1 amide bonds. The van der Waals surface area contributed by atoms with E-state index in [-0.39, 0.29) is 5.91 Å². The van der Waals surface area contributed by atoms with Gasteiger partial charge in [-0.25, -0.2) is 22.0 Å². The maximum Gasteiger partial charge on any atom is 0.244 e. The van der Waals surface area contributed by atoms with E-state index in [1.165, 1.54) is 0 Å². The third-order valence-corrected chi connectivity index (χ3v) is 2.57. The van der Waals surface area contributed by atoms with Crippen molar-refractivity contribution in [2.75, 3.05) is 0 Å². The molecule has 7 heteroatoms. The molecule has 0 radical (unpaired) electrons. The van der Waals surface area contributed by atoms with E-state index in [0.29, 0.717) is 11.6 Å². The monoisotopic (exact) mass is 307 g/mol. The molecule has 0 unspecified atom stereocenters. The summed E-state index contributed by atoms with van der Waals surface area (Å²) < 4.78 is 62.4. The van der Waals surface area contributed by atoms with E-state index in [1.807, 2.05) is 13.8 Å². The lowest BCUT2D eigenvalue weighted by molar-refractivity contribution is -0.114. The Morgan fingerprint density at radius 2 is 1.24 bits per heavy atom. The zero-order valence-electron chi connectivity index (χ0n) is 11.7. The molecule has 0 bridgehead atoms. The fourth-order valence-electron chi connectivity index (χ4n) is 1.05. The third kappa shape index (κ3) is 4.40. The molecule has 0 saturated carbocycles. The molecule has 0 aliphatic carbocycles. The summed E-state index contributed by atoms with van der Waals surface area (Å²) in [7, 11) is 0. The highest BCUT2D eigenvalue weighted by atomic mass is 19.2. The summed E-state index contributed by atoms with van der Waals surface area (Å²) in [6.07, 6.45) is 0.566. The van der Waals surface area contributed by atoms with Crippen LogP contribution in [-0.4, -0.2) is 5.91 Å². The van der Waals surface area contributed by atoms with Gasteiger partial charge in [0, 0.05) is 5.57 Å². The first-order chi connectivity index (χ1) is 9.56. The van der Waals surface area contributed by atoms with Gasteiger partial charge < -0.3 is 5.73 Å². The number of hydrogen-bond acceptors (Lipinski definition) is 1. The van der Waals surface area contributed by atoms with Crippen molar-refractivity contribution in [3.63, 3.8) is 0 Å². The molecule has 116 valence electrons. The molecule has 1 aromatic carbocycles. The fourth-order valence-corrected chi connectivity index (χ4v) is 1.05. The summed E-state index contributed by atoms with van der Waals surface area (Å²) in [5, 5.41) is 0. The van der Waals surface area contributed by atoms with Gasteiger partial charge >= 0.3 is 0 Å². The van der Waals surface area contributed by atoms with E-state index < -0.39 is 34.6 Å². The highest BCUT2D eigenvalue weighted by Crippen LogP contribution is 2.23.